The van der Waals surface area contributed by atoms with E-state index in [1.54, 1.807) is 4.90 Å². The Morgan fingerprint density at radius 1 is 1.54 bits per heavy atom. The van der Waals surface area contributed by atoms with Gasteiger partial charge in [0, 0.05) is 19.6 Å². The average Bonchev–Trinajstić information content (AvgIpc) is 2.19. The van der Waals surface area contributed by atoms with Gasteiger partial charge in [0.05, 0.1) is 25.7 Å². The van der Waals surface area contributed by atoms with E-state index < -0.39 is 0 Å². The Bertz CT molecular complexity index is 206. The van der Waals surface area contributed by atoms with E-state index in [9.17, 15) is 4.79 Å². The number of urea groups is 1. The lowest BCUT2D eigenvalue weighted by Gasteiger charge is -2.26. The topological polar surface area (TPSA) is 65.4 Å². The molecule has 1 heterocycles. The molecule has 1 N–H and O–H groups in total. The standard InChI is InChI=1S/C8H13N3O2/c9-2-1-3-10-8(12)11-4-6-13-7-5-11/h1,3-7H2,(H,10,12). The molecule has 1 saturated heterocycles. The van der Waals surface area contributed by atoms with Crippen LogP contribution in [0.2, 0.25) is 0 Å². The number of ether oxygens (including phenoxy) is 1. The summed E-state index contributed by atoms with van der Waals surface area (Å²) in [5, 5.41) is 10.9. The Balaban J connectivity index is 2.18. The van der Waals surface area contributed by atoms with Crippen molar-refractivity contribution in [3.63, 3.8) is 0 Å². The first-order valence-electron chi connectivity index (χ1n) is 4.32. The number of rotatable bonds is 2. The third kappa shape index (κ3) is 3.30. The van der Waals surface area contributed by atoms with Gasteiger partial charge in [0.25, 0.3) is 0 Å². The summed E-state index contributed by atoms with van der Waals surface area (Å²) in [5.41, 5.74) is 0. The first kappa shape index (κ1) is 9.81. The van der Waals surface area contributed by atoms with Crippen LogP contribution in [0.25, 0.3) is 0 Å². The maximum absolute atomic E-state index is 11.3. The Morgan fingerprint density at radius 3 is 2.85 bits per heavy atom. The molecule has 1 rings (SSSR count). The zero-order valence-electron chi connectivity index (χ0n) is 7.45. The summed E-state index contributed by atoms with van der Waals surface area (Å²) in [6.45, 7) is 2.90. The lowest BCUT2D eigenvalue weighted by molar-refractivity contribution is 0.0533. The highest BCUT2D eigenvalue weighted by atomic mass is 16.5. The number of nitrogens with zero attached hydrogens (tertiary/aromatic N) is 2. The second-order valence-corrected chi connectivity index (χ2v) is 2.74. The molecule has 72 valence electrons. The number of morpholine rings is 1. The van der Waals surface area contributed by atoms with E-state index in [0.29, 0.717) is 39.3 Å². The van der Waals surface area contributed by atoms with E-state index in [1.165, 1.54) is 0 Å². The van der Waals surface area contributed by atoms with Gasteiger partial charge in [-0.3, -0.25) is 0 Å². The highest BCUT2D eigenvalue weighted by Gasteiger charge is 2.15. The number of nitriles is 1. The number of nitrogens with one attached hydrogen (secondary N) is 1. The van der Waals surface area contributed by atoms with Crippen LogP contribution in [0.1, 0.15) is 6.42 Å². The van der Waals surface area contributed by atoms with Crippen molar-refractivity contribution in [2.45, 2.75) is 6.42 Å². The minimum atomic E-state index is -0.0986. The lowest BCUT2D eigenvalue weighted by Crippen LogP contribution is -2.46. The molecule has 0 saturated carbocycles. The Morgan fingerprint density at radius 2 is 2.23 bits per heavy atom. The van der Waals surface area contributed by atoms with Crippen LogP contribution in [0.4, 0.5) is 4.79 Å². The Kier molecular flexibility index (Phi) is 4.06. The summed E-state index contributed by atoms with van der Waals surface area (Å²) in [5.74, 6) is 0. The molecule has 0 radical (unpaired) electrons. The zero-order valence-corrected chi connectivity index (χ0v) is 7.45. The number of carbonyl (C=O) groups is 1. The molecule has 2 amide bonds. The van der Waals surface area contributed by atoms with Crippen LogP contribution in [0, 0.1) is 11.3 Å². The van der Waals surface area contributed by atoms with Gasteiger partial charge in [-0.15, -0.1) is 0 Å². The lowest BCUT2D eigenvalue weighted by atomic mass is 10.4. The first-order chi connectivity index (χ1) is 6.34. The molecule has 1 aliphatic heterocycles. The first-order valence-corrected chi connectivity index (χ1v) is 4.32. The van der Waals surface area contributed by atoms with Crippen molar-refractivity contribution in [2.75, 3.05) is 32.8 Å². The molecule has 0 aromatic carbocycles. The molecular formula is C8H13N3O2. The molecule has 5 nitrogen and oxygen atoms in total. The predicted octanol–water partition coefficient (Wildman–Crippen LogP) is -0.0581. The molecule has 5 heteroatoms. The molecule has 1 fully saturated rings. The molecule has 1 aliphatic rings. The van der Waals surface area contributed by atoms with E-state index in [-0.39, 0.29) is 6.03 Å². The molecular weight excluding hydrogens is 170 g/mol. The number of carbonyl (C=O) groups excluding carboxylic acids is 1. The molecule has 0 unspecified atom stereocenters. The fourth-order valence-corrected chi connectivity index (χ4v) is 1.10. The van der Waals surface area contributed by atoms with Crippen molar-refractivity contribution in [3.05, 3.63) is 0 Å². The maximum Gasteiger partial charge on any atom is 0.317 e. The van der Waals surface area contributed by atoms with Gasteiger partial charge in [0.15, 0.2) is 0 Å². The monoisotopic (exact) mass is 183 g/mol. The second-order valence-electron chi connectivity index (χ2n) is 2.74. The minimum Gasteiger partial charge on any atom is -0.378 e. The van der Waals surface area contributed by atoms with Crippen LogP contribution in [-0.2, 0) is 4.74 Å². The average molecular weight is 183 g/mol. The molecule has 0 aromatic rings. The third-order valence-corrected chi connectivity index (χ3v) is 1.81. The van der Waals surface area contributed by atoms with E-state index in [1.807, 2.05) is 6.07 Å². The van der Waals surface area contributed by atoms with E-state index in [2.05, 4.69) is 5.32 Å². The van der Waals surface area contributed by atoms with Crippen LogP contribution < -0.4 is 5.32 Å². The third-order valence-electron chi connectivity index (χ3n) is 1.81. The molecule has 0 spiro atoms. The normalized spacial score (nSPS) is 16.4. The van der Waals surface area contributed by atoms with Gasteiger partial charge >= 0.3 is 6.03 Å². The molecule has 0 aromatic heterocycles. The highest BCUT2D eigenvalue weighted by molar-refractivity contribution is 5.74. The van der Waals surface area contributed by atoms with Crippen molar-refractivity contribution in [1.29, 1.82) is 5.26 Å². The molecule has 0 aliphatic carbocycles. The van der Waals surface area contributed by atoms with E-state index >= 15 is 0 Å². The SMILES string of the molecule is N#CCCNC(=O)N1CCOCC1. The quantitative estimate of drug-likeness (QED) is 0.610. The predicted molar refractivity (Wildman–Crippen MR) is 46.0 cm³/mol. The van der Waals surface area contributed by atoms with Gasteiger partial charge in [-0.1, -0.05) is 0 Å². The van der Waals surface area contributed by atoms with Crippen molar-refractivity contribution in [1.82, 2.24) is 10.2 Å². The van der Waals surface area contributed by atoms with Gasteiger partial charge < -0.3 is 15.0 Å². The van der Waals surface area contributed by atoms with Gasteiger partial charge in [0.2, 0.25) is 0 Å². The van der Waals surface area contributed by atoms with Crippen molar-refractivity contribution in [2.24, 2.45) is 0 Å². The minimum absolute atomic E-state index is 0.0986. The molecule has 13 heavy (non-hydrogen) atoms. The summed E-state index contributed by atoms with van der Waals surface area (Å²) >= 11 is 0. The smallest absolute Gasteiger partial charge is 0.317 e. The Labute approximate surface area is 77.3 Å². The van der Waals surface area contributed by atoms with Gasteiger partial charge in [-0.2, -0.15) is 5.26 Å². The summed E-state index contributed by atoms with van der Waals surface area (Å²) < 4.78 is 5.10. The molecule has 0 atom stereocenters. The van der Waals surface area contributed by atoms with Crippen molar-refractivity contribution in [3.8, 4) is 6.07 Å². The fourth-order valence-electron chi connectivity index (χ4n) is 1.10. The number of hydrogen-bond acceptors (Lipinski definition) is 3. The van der Waals surface area contributed by atoms with Crippen molar-refractivity contribution < 1.29 is 9.53 Å². The largest absolute Gasteiger partial charge is 0.378 e. The maximum atomic E-state index is 11.3. The van der Waals surface area contributed by atoms with E-state index in [4.69, 9.17) is 10.00 Å². The van der Waals surface area contributed by atoms with Gasteiger partial charge in [-0.25, -0.2) is 4.79 Å². The van der Waals surface area contributed by atoms with Crippen LogP contribution in [0.5, 0.6) is 0 Å². The number of hydrogen-bond donors (Lipinski definition) is 1. The van der Waals surface area contributed by atoms with Gasteiger partial charge in [-0.05, 0) is 0 Å². The fraction of sp³-hybridized carbons (Fsp3) is 0.750. The summed E-state index contributed by atoms with van der Waals surface area (Å²) in [4.78, 5) is 13.0. The van der Waals surface area contributed by atoms with Crippen LogP contribution in [0.15, 0.2) is 0 Å². The van der Waals surface area contributed by atoms with E-state index in [0.717, 1.165) is 0 Å². The van der Waals surface area contributed by atoms with Crippen LogP contribution in [0.3, 0.4) is 0 Å². The van der Waals surface area contributed by atoms with Crippen LogP contribution in [-0.4, -0.2) is 43.8 Å². The molecule has 0 bridgehead atoms. The zero-order chi connectivity index (χ0) is 9.52. The highest BCUT2D eigenvalue weighted by Crippen LogP contribution is 1.96. The summed E-state index contributed by atoms with van der Waals surface area (Å²) in [6.07, 6.45) is 0.357. The summed E-state index contributed by atoms with van der Waals surface area (Å²) in [6, 6.07) is 1.87. The second kappa shape index (κ2) is 5.38. The number of amides is 2. The van der Waals surface area contributed by atoms with Crippen LogP contribution >= 0.6 is 0 Å². The van der Waals surface area contributed by atoms with Gasteiger partial charge in [0.1, 0.15) is 0 Å². The Hall–Kier alpha value is -1.28. The summed E-state index contributed by atoms with van der Waals surface area (Å²) in [7, 11) is 0. The van der Waals surface area contributed by atoms with Crippen molar-refractivity contribution >= 4 is 6.03 Å².